The van der Waals surface area contributed by atoms with E-state index in [9.17, 15) is 4.79 Å². The standard InChI is InChI=1S/C28H29NO4/c1-31-23-13-11-21(12-14-23)19-29-15-7-10-22-17-26(32-2)27(33-3)18-24(22)25(28(29)30)16-20-8-5-4-6-9-20/h4-6,8-9,11-14,16-18H,7,10,15,19H2,1-3H3/b25-16-. The summed E-state index contributed by atoms with van der Waals surface area (Å²) in [6, 6.07) is 21.7. The minimum Gasteiger partial charge on any atom is -0.497 e. The quantitative estimate of drug-likeness (QED) is 0.490. The zero-order valence-corrected chi connectivity index (χ0v) is 19.3. The van der Waals surface area contributed by atoms with Gasteiger partial charge >= 0.3 is 0 Å². The molecule has 0 bridgehead atoms. The number of hydrogen-bond acceptors (Lipinski definition) is 4. The smallest absolute Gasteiger partial charge is 0.254 e. The second kappa shape index (κ2) is 10.3. The maximum atomic E-state index is 13.9. The molecular formula is C28H29NO4. The summed E-state index contributed by atoms with van der Waals surface area (Å²) in [6.07, 6.45) is 3.68. The molecule has 33 heavy (non-hydrogen) atoms. The Morgan fingerprint density at radius 2 is 1.58 bits per heavy atom. The monoisotopic (exact) mass is 443 g/mol. The van der Waals surface area contributed by atoms with E-state index in [0.717, 1.165) is 40.8 Å². The largest absolute Gasteiger partial charge is 0.497 e. The van der Waals surface area contributed by atoms with Gasteiger partial charge in [-0.25, -0.2) is 0 Å². The van der Waals surface area contributed by atoms with E-state index in [-0.39, 0.29) is 5.91 Å². The Kier molecular flexibility index (Phi) is 6.98. The maximum Gasteiger partial charge on any atom is 0.254 e. The average molecular weight is 444 g/mol. The third kappa shape index (κ3) is 5.03. The summed E-state index contributed by atoms with van der Waals surface area (Å²) < 4.78 is 16.4. The Balaban J connectivity index is 1.78. The molecule has 1 amide bonds. The highest BCUT2D eigenvalue weighted by Crippen LogP contribution is 2.37. The van der Waals surface area contributed by atoms with Crippen molar-refractivity contribution in [3.63, 3.8) is 0 Å². The van der Waals surface area contributed by atoms with Gasteiger partial charge in [-0.15, -0.1) is 0 Å². The van der Waals surface area contributed by atoms with E-state index in [1.54, 1.807) is 21.3 Å². The van der Waals surface area contributed by atoms with E-state index in [4.69, 9.17) is 14.2 Å². The first-order valence-corrected chi connectivity index (χ1v) is 11.1. The van der Waals surface area contributed by atoms with Gasteiger partial charge in [0.1, 0.15) is 5.75 Å². The fourth-order valence-electron chi connectivity index (χ4n) is 4.18. The van der Waals surface area contributed by atoms with Crippen LogP contribution < -0.4 is 14.2 Å². The number of amides is 1. The van der Waals surface area contributed by atoms with Gasteiger partial charge in [-0.3, -0.25) is 4.79 Å². The normalized spacial score (nSPS) is 14.9. The van der Waals surface area contributed by atoms with Crippen molar-refractivity contribution in [2.75, 3.05) is 27.9 Å². The van der Waals surface area contributed by atoms with Gasteiger partial charge in [0.25, 0.3) is 5.91 Å². The first kappa shape index (κ1) is 22.5. The molecule has 0 fully saturated rings. The van der Waals surface area contributed by atoms with Crippen molar-refractivity contribution < 1.29 is 19.0 Å². The van der Waals surface area contributed by atoms with Crippen LogP contribution in [-0.4, -0.2) is 38.7 Å². The molecule has 5 heteroatoms. The van der Waals surface area contributed by atoms with Crippen LogP contribution in [0.25, 0.3) is 11.6 Å². The molecule has 1 heterocycles. The van der Waals surface area contributed by atoms with Gasteiger partial charge in [-0.1, -0.05) is 42.5 Å². The van der Waals surface area contributed by atoms with E-state index >= 15 is 0 Å². The molecule has 0 N–H and O–H groups in total. The van der Waals surface area contributed by atoms with Gasteiger partial charge in [0.05, 0.1) is 21.3 Å². The Hall–Kier alpha value is -3.73. The van der Waals surface area contributed by atoms with Crippen molar-refractivity contribution >= 4 is 17.6 Å². The lowest BCUT2D eigenvalue weighted by molar-refractivity contribution is -0.125. The number of carbonyl (C=O) groups excluding carboxylic acids is 1. The number of hydrogen-bond donors (Lipinski definition) is 0. The third-order valence-electron chi connectivity index (χ3n) is 5.93. The number of benzene rings is 3. The molecule has 0 spiro atoms. The van der Waals surface area contributed by atoms with Crippen LogP contribution in [0.4, 0.5) is 0 Å². The maximum absolute atomic E-state index is 13.9. The zero-order valence-electron chi connectivity index (χ0n) is 19.3. The fourth-order valence-corrected chi connectivity index (χ4v) is 4.18. The molecule has 0 saturated carbocycles. The van der Waals surface area contributed by atoms with Crippen LogP contribution in [0.5, 0.6) is 17.2 Å². The van der Waals surface area contributed by atoms with Crippen molar-refractivity contribution in [3.05, 3.63) is 89.0 Å². The summed E-state index contributed by atoms with van der Waals surface area (Å²) >= 11 is 0. The first-order chi connectivity index (χ1) is 16.1. The van der Waals surface area contributed by atoms with E-state index in [1.807, 2.05) is 77.7 Å². The van der Waals surface area contributed by atoms with E-state index in [0.29, 0.717) is 30.2 Å². The third-order valence-corrected chi connectivity index (χ3v) is 5.93. The zero-order chi connectivity index (χ0) is 23.2. The van der Waals surface area contributed by atoms with Crippen LogP contribution in [0.3, 0.4) is 0 Å². The molecular weight excluding hydrogens is 414 g/mol. The van der Waals surface area contributed by atoms with Crippen LogP contribution in [0.2, 0.25) is 0 Å². The molecule has 1 aliphatic rings. The summed E-state index contributed by atoms with van der Waals surface area (Å²) in [7, 11) is 4.90. The summed E-state index contributed by atoms with van der Waals surface area (Å²) in [5, 5.41) is 0. The lowest BCUT2D eigenvalue weighted by Crippen LogP contribution is -2.34. The number of rotatable bonds is 6. The van der Waals surface area contributed by atoms with Gasteiger partial charge in [-0.05, 0) is 65.4 Å². The van der Waals surface area contributed by atoms with Crippen LogP contribution >= 0.6 is 0 Å². The Morgan fingerprint density at radius 1 is 0.879 bits per heavy atom. The second-order valence-corrected chi connectivity index (χ2v) is 8.01. The average Bonchev–Trinajstić information content (AvgIpc) is 2.86. The predicted molar refractivity (Wildman–Crippen MR) is 131 cm³/mol. The summed E-state index contributed by atoms with van der Waals surface area (Å²) in [6.45, 7) is 1.21. The Morgan fingerprint density at radius 3 is 2.24 bits per heavy atom. The molecule has 3 aromatic carbocycles. The first-order valence-electron chi connectivity index (χ1n) is 11.1. The summed E-state index contributed by atoms with van der Waals surface area (Å²) in [5.74, 6) is 2.10. The van der Waals surface area contributed by atoms with Gasteiger partial charge < -0.3 is 19.1 Å². The van der Waals surface area contributed by atoms with Gasteiger partial charge in [0.2, 0.25) is 0 Å². The SMILES string of the molecule is COc1ccc(CN2CCCc3cc(OC)c(OC)cc3/C(=C/c3ccccc3)C2=O)cc1. The molecule has 0 saturated heterocycles. The molecule has 0 aromatic heterocycles. The highest BCUT2D eigenvalue weighted by atomic mass is 16.5. The van der Waals surface area contributed by atoms with Crippen molar-refractivity contribution in [1.82, 2.24) is 4.90 Å². The number of carbonyl (C=O) groups is 1. The molecule has 0 unspecified atom stereocenters. The van der Waals surface area contributed by atoms with Crippen LogP contribution in [0.15, 0.2) is 66.7 Å². The van der Waals surface area contributed by atoms with Gasteiger partial charge in [0.15, 0.2) is 11.5 Å². The lowest BCUT2D eigenvalue weighted by atomic mass is 9.91. The van der Waals surface area contributed by atoms with Gasteiger partial charge in [-0.2, -0.15) is 0 Å². The van der Waals surface area contributed by atoms with Crippen LogP contribution in [0, 0.1) is 0 Å². The summed E-state index contributed by atoms with van der Waals surface area (Å²) in [4.78, 5) is 15.8. The molecule has 5 nitrogen and oxygen atoms in total. The highest BCUT2D eigenvalue weighted by molar-refractivity contribution is 6.24. The Bertz CT molecular complexity index is 1140. The van der Waals surface area contributed by atoms with E-state index in [1.165, 1.54) is 0 Å². The van der Waals surface area contributed by atoms with Crippen LogP contribution in [0.1, 0.15) is 28.7 Å². The molecule has 0 atom stereocenters. The number of methoxy groups -OCH3 is 3. The highest BCUT2D eigenvalue weighted by Gasteiger charge is 2.26. The fraction of sp³-hybridized carbons (Fsp3) is 0.250. The minimum absolute atomic E-state index is 0.00263. The van der Waals surface area contributed by atoms with Crippen molar-refractivity contribution in [1.29, 1.82) is 0 Å². The predicted octanol–water partition coefficient (Wildman–Crippen LogP) is 5.23. The van der Waals surface area contributed by atoms with Gasteiger partial charge in [0, 0.05) is 18.7 Å². The molecule has 0 aliphatic carbocycles. The molecule has 0 radical (unpaired) electrons. The van der Waals surface area contributed by atoms with E-state index in [2.05, 4.69) is 0 Å². The van der Waals surface area contributed by atoms with Crippen molar-refractivity contribution in [3.8, 4) is 17.2 Å². The Labute approximate surface area is 195 Å². The number of aryl methyl sites for hydroxylation is 1. The lowest BCUT2D eigenvalue weighted by Gasteiger charge is -2.28. The molecule has 3 aromatic rings. The van der Waals surface area contributed by atoms with Crippen LogP contribution in [-0.2, 0) is 17.8 Å². The van der Waals surface area contributed by atoms with E-state index < -0.39 is 0 Å². The van der Waals surface area contributed by atoms with Crippen molar-refractivity contribution in [2.24, 2.45) is 0 Å². The second-order valence-electron chi connectivity index (χ2n) is 8.01. The summed E-state index contributed by atoms with van der Waals surface area (Å²) in [5.41, 5.74) is 4.68. The topological polar surface area (TPSA) is 48.0 Å². The number of nitrogens with zero attached hydrogens (tertiary/aromatic N) is 1. The molecule has 170 valence electrons. The van der Waals surface area contributed by atoms with Crippen molar-refractivity contribution in [2.45, 2.75) is 19.4 Å². The molecule has 4 rings (SSSR count). The number of ether oxygens (including phenoxy) is 3. The number of fused-ring (bicyclic) bond motifs is 1. The minimum atomic E-state index is 0.00263. The molecule has 1 aliphatic heterocycles.